The Morgan fingerprint density at radius 2 is 1.18 bits per heavy atom. The predicted octanol–water partition coefficient (Wildman–Crippen LogP) is 3.47. The van der Waals surface area contributed by atoms with E-state index in [2.05, 4.69) is 26.6 Å². The summed E-state index contributed by atoms with van der Waals surface area (Å²) in [5, 5.41) is 14.8. The van der Waals surface area contributed by atoms with Crippen molar-refractivity contribution in [3.05, 3.63) is 59.7 Å². The Kier molecular flexibility index (Phi) is 15.5. The average Bonchev–Trinajstić information content (AvgIpc) is 2.93. The smallest absolute Gasteiger partial charge is 0.319 e. The minimum Gasteiger partial charge on any atom is -0.335 e. The molecule has 0 aromatic heterocycles. The van der Waals surface area contributed by atoms with Crippen molar-refractivity contribution < 1.29 is 49.1 Å². The Balaban J connectivity index is 0.000000385. The van der Waals surface area contributed by atoms with Crippen LogP contribution in [0.5, 0.6) is 0 Å². The molecule has 5 N–H and O–H groups in total. The van der Waals surface area contributed by atoms with Crippen LogP contribution in [0, 0.1) is 45.0 Å². The van der Waals surface area contributed by atoms with Crippen molar-refractivity contribution in [2.45, 2.75) is 51.6 Å². The molecule has 2 aliphatic heterocycles. The molecule has 10 nitrogen and oxygen atoms in total. The standard InChI is InChI=1S/C14H21N3O3S.C13H19N3O.H3P.U/c1-11-3-5-12(6-4-11)15-14(18)16-13-7-9-17(10-8-13)21(2,19)20;1-10-2-4-11(5-3-10)15-13(17)16-12-6-8-14-9-7-12;;/h3-6,13H,7-10H2,1-2H3,(H2,15,16,18);2-5,12,14H,6-9H2,1H3,(H2,15,16,17);1H3;/i;;1T;. The van der Waals surface area contributed by atoms with Gasteiger partial charge in [-0.25, -0.2) is 22.3 Å². The molecule has 2 heterocycles. The SMILES string of the molecule is Cc1ccc(NC(=O)NC2CCN(S(C)(=O)=O)CC2)cc1.Cc1ccc(NC(=O)NC2CCNCC2)cc1.[3H]P.[U]. The predicted molar refractivity (Wildman–Crippen MR) is 163 cm³/mol. The summed E-state index contributed by atoms with van der Waals surface area (Å²) in [5.41, 5.74) is 3.90. The summed E-state index contributed by atoms with van der Waals surface area (Å²) in [6, 6.07) is 15.3. The van der Waals surface area contributed by atoms with Crippen molar-refractivity contribution >= 4 is 43.3 Å². The van der Waals surface area contributed by atoms with Gasteiger partial charge in [0.05, 0.1) is 7.53 Å². The molecule has 2 aromatic rings. The molecule has 13 heteroatoms. The third-order valence-corrected chi connectivity index (χ3v) is 7.85. The molecule has 2 fully saturated rings. The summed E-state index contributed by atoms with van der Waals surface area (Å²) in [7, 11) is -1.46. The Morgan fingerprint density at radius 3 is 1.55 bits per heavy atom. The third-order valence-electron chi connectivity index (χ3n) is 6.55. The maximum absolute atomic E-state index is 11.9. The Labute approximate surface area is 266 Å². The first-order valence-electron chi connectivity index (χ1n) is 13.6. The zero-order chi connectivity index (χ0) is 29.5. The van der Waals surface area contributed by atoms with E-state index < -0.39 is 10.0 Å². The van der Waals surface area contributed by atoms with Gasteiger partial charge in [-0.15, -0.1) is 0 Å². The van der Waals surface area contributed by atoms with Crippen LogP contribution in [0.3, 0.4) is 0 Å². The number of anilines is 2. The van der Waals surface area contributed by atoms with Crippen molar-refractivity contribution in [3.8, 4) is 0 Å². The van der Waals surface area contributed by atoms with E-state index in [4.69, 9.17) is 1.28 Å². The molecule has 0 radical (unpaired) electrons. The average molecular weight is 819 g/mol. The van der Waals surface area contributed by atoms with Crippen molar-refractivity contribution in [2.75, 3.05) is 43.1 Å². The molecular formula is C27H43N6O4PSU. The molecule has 0 spiro atoms. The summed E-state index contributed by atoms with van der Waals surface area (Å²) >= 11 is 0. The minimum absolute atomic E-state index is 0. The maximum Gasteiger partial charge on any atom is 0.319 e. The molecule has 1 atom stereocenters. The number of hydrogen-bond donors (Lipinski definition) is 5. The Hall–Kier alpha value is -1.67. The fraction of sp³-hybridized carbons (Fsp3) is 0.481. The van der Waals surface area contributed by atoms with E-state index >= 15 is 0 Å². The molecule has 2 aliphatic rings. The van der Waals surface area contributed by atoms with E-state index in [1.807, 2.05) is 62.4 Å². The topological polar surface area (TPSA) is 132 Å². The first-order valence-corrected chi connectivity index (χ1v) is 14.9. The second kappa shape index (κ2) is 18.0. The van der Waals surface area contributed by atoms with Crippen LogP contribution in [0.2, 0.25) is 0 Å². The summed E-state index contributed by atoms with van der Waals surface area (Å²) in [4.78, 5) is 23.6. The van der Waals surface area contributed by atoms with Gasteiger partial charge >= 0.3 is 12.1 Å². The largest absolute Gasteiger partial charge is 0.335 e. The Bertz CT molecular complexity index is 1160. The number of piperidine rings is 2. The summed E-state index contributed by atoms with van der Waals surface area (Å²) < 4.78 is 29.9. The van der Waals surface area contributed by atoms with Gasteiger partial charge in [-0.3, -0.25) is 0 Å². The number of amides is 4. The van der Waals surface area contributed by atoms with Gasteiger partial charge in [0.2, 0.25) is 10.0 Å². The number of hydrogen-bond acceptors (Lipinski definition) is 5. The van der Waals surface area contributed by atoms with E-state index in [0.29, 0.717) is 32.0 Å². The number of carbonyl (C=O) groups excluding carboxylic acids is 2. The van der Waals surface area contributed by atoms with E-state index in [1.165, 1.54) is 16.1 Å². The number of aryl methyl sites for hydroxylation is 2. The molecule has 40 heavy (non-hydrogen) atoms. The fourth-order valence-electron chi connectivity index (χ4n) is 4.28. The third kappa shape index (κ3) is 13.3. The van der Waals surface area contributed by atoms with Gasteiger partial charge in [0.25, 0.3) is 0 Å². The first kappa shape index (κ1) is 34.5. The molecule has 0 bridgehead atoms. The zero-order valence-corrected chi connectivity index (χ0v) is 29.6. The summed E-state index contributed by atoms with van der Waals surface area (Å²) in [6.07, 6.45) is 4.48. The molecule has 0 saturated carbocycles. The van der Waals surface area contributed by atoms with Gasteiger partial charge < -0.3 is 26.6 Å². The van der Waals surface area contributed by atoms with Gasteiger partial charge in [0.1, 0.15) is 0 Å². The van der Waals surface area contributed by atoms with Crippen molar-refractivity contribution in [1.29, 1.82) is 1.28 Å². The second-order valence-corrected chi connectivity index (χ2v) is 11.9. The van der Waals surface area contributed by atoms with E-state index in [1.54, 1.807) is 9.84 Å². The van der Waals surface area contributed by atoms with E-state index in [-0.39, 0.29) is 49.2 Å². The van der Waals surface area contributed by atoms with Gasteiger partial charge in [-0.05, 0) is 76.9 Å². The van der Waals surface area contributed by atoms with Crippen molar-refractivity contribution in [3.63, 3.8) is 0 Å². The minimum atomic E-state index is -3.13. The van der Waals surface area contributed by atoms with Crippen molar-refractivity contribution in [1.82, 2.24) is 20.3 Å². The molecular weight excluding hydrogens is 773 g/mol. The number of nitrogens with one attached hydrogen (secondary N) is 5. The van der Waals surface area contributed by atoms with E-state index in [9.17, 15) is 18.0 Å². The molecule has 1 unspecified atom stereocenters. The number of sulfonamides is 1. The van der Waals surface area contributed by atoms with Crippen LogP contribution in [0.15, 0.2) is 48.5 Å². The van der Waals surface area contributed by atoms with Crippen LogP contribution in [0.4, 0.5) is 21.0 Å². The zero-order valence-electron chi connectivity index (χ0n) is 24.5. The monoisotopic (exact) mass is 818 g/mol. The number of rotatable bonds is 5. The molecule has 2 aromatic carbocycles. The van der Waals surface area contributed by atoms with Crippen molar-refractivity contribution in [2.24, 2.45) is 0 Å². The van der Waals surface area contributed by atoms with Gasteiger partial charge in [0, 0.05) is 67.7 Å². The maximum atomic E-state index is 11.9. The van der Waals surface area contributed by atoms with Gasteiger partial charge in [-0.1, -0.05) is 35.4 Å². The van der Waals surface area contributed by atoms with Crippen LogP contribution in [0.25, 0.3) is 0 Å². The Morgan fingerprint density at radius 1 is 0.800 bits per heavy atom. The molecule has 220 valence electrons. The molecule has 4 rings (SSSR count). The molecule has 2 saturated heterocycles. The van der Waals surface area contributed by atoms with Crippen LogP contribution in [-0.4, -0.2) is 70.6 Å². The van der Waals surface area contributed by atoms with Crippen LogP contribution in [0.1, 0.15) is 36.8 Å². The second-order valence-electron chi connectivity index (χ2n) is 9.89. The number of carbonyl (C=O) groups is 2. The molecule has 0 aliphatic carbocycles. The van der Waals surface area contributed by atoms with Crippen LogP contribution < -0.4 is 26.6 Å². The summed E-state index contributed by atoms with van der Waals surface area (Å²) in [5.74, 6) is 0. The normalized spacial score (nSPS) is 16.4. The van der Waals surface area contributed by atoms with Crippen LogP contribution in [-0.2, 0) is 10.0 Å². The fourth-order valence-corrected chi connectivity index (χ4v) is 5.15. The van der Waals surface area contributed by atoms with E-state index in [0.717, 1.165) is 42.9 Å². The van der Waals surface area contributed by atoms with Gasteiger partial charge in [0.15, 0.2) is 0 Å². The first-order chi connectivity index (χ1) is 19.1. The van der Waals surface area contributed by atoms with Crippen LogP contribution >= 0.6 is 9.84 Å². The van der Waals surface area contributed by atoms with Gasteiger partial charge in [-0.2, -0.15) is 9.84 Å². The number of benzene rings is 2. The summed E-state index contributed by atoms with van der Waals surface area (Å²) in [6.45, 7) is 6.88. The quantitative estimate of drug-likeness (QED) is 0.296. The molecule has 4 amide bonds. The number of nitrogens with zero attached hydrogens (tertiary/aromatic N) is 1. The number of urea groups is 2.